The number of allylic oxidation sites excluding steroid dienone is 2. The molecule has 1 N–H and O–H groups in total. The fourth-order valence-corrected chi connectivity index (χ4v) is 1.21. The molecule has 64 valence electrons. The SMILES string of the molecule is CC1=C(C)CCCC1.O=NO. The van der Waals surface area contributed by atoms with Gasteiger partial charge in [0, 0.05) is 0 Å². The largest absolute Gasteiger partial charge is 0.379 e. The molecule has 0 unspecified atom stereocenters. The first-order valence-corrected chi connectivity index (χ1v) is 3.84. The Balaban J connectivity index is 0.000000292. The van der Waals surface area contributed by atoms with Crippen LogP contribution >= 0.6 is 0 Å². The molecule has 1 aliphatic carbocycles. The molecule has 0 bridgehead atoms. The molecule has 0 radical (unpaired) electrons. The minimum Gasteiger partial charge on any atom is -0.379 e. The van der Waals surface area contributed by atoms with Crippen molar-refractivity contribution in [1.82, 2.24) is 0 Å². The first kappa shape index (κ1) is 10.1. The maximum Gasteiger partial charge on any atom is 0.152 e. The van der Waals surface area contributed by atoms with E-state index in [0.717, 1.165) is 0 Å². The van der Waals surface area contributed by atoms with E-state index >= 15 is 0 Å². The van der Waals surface area contributed by atoms with Crippen LogP contribution in [0.4, 0.5) is 0 Å². The molecular weight excluding hydrogens is 142 g/mol. The lowest BCUT2D eigenvalue weighted by molar-refractivity contribution is 0.312. The fourth-order valence-electron chi connectivity index (χ4n) is 1.21. The Labute approximate surface area is 67.0 Å². The molecule has 3 heteroatoms. The summed E-state index contributed by atoms with van der Waals surface area (Å²) in [6.07, 6.45) is 5.55. The maximum absolute atomic E-state index is 8.11. The molecule has 0 spiro atoms. The number of rotatable bonds is 0. The van der Waals surface area contributed by atoms with Gasteiger partial charge in [0.2, 0.25) is 0 Å². The van der Waals surface area contributed by atoms with Crippen LogP contribution in [0.2, 0.25) is 0 Å². The summed E-state index contributed by atoms with van der Waals surface area (Å²) in [5, 5.41) is 7.89. The van der Waals surface area contributed by atoms with Gasteiger partial charge in [-0.3, -0.25) is 0 Å². The minimum atomic E-state index is 1.25. The third-order valence-corrected chi connectivity index (χ3v) is 2.08. The average molecular weight is 157 g/mol. The quantitative estimate of drug-likeness (QED) is 0.334. The van der Waals surface area contributed by atoms with Gasteiger partial charge in [-0.05, 0) is 39.5 Å². The van der Waals surface area contributed by atoms with E-state index in [2.05, 4.69) is 13.8 Å². The van der Waals surface area contributed by atoms with E-state index in [4.69, 9.17) is 10.1 Å². The molecule has 0 heterocycles. The molecule has 0 saturated carbocycles. The minimum absolute atomic E-state index is 1.25. The maximum atomic E-state index is 8.11. The van der Waals surface area contributed by atoms with E-state index in [-0.39, 0.29) is 0 Å². The molecule has 0 aromatic carbocycles. The third-order valence-electron chi connectivity index (χ3n) is 2.08. The molecule has 0 saturated heterocycles. The van der Waals surface area contributed by atoms with Crippen LogP contribution in [0.5, 0.6) is 0 Å². The molecule has 0 aliphatic heterocycles. The number of hydrogen-bond acceptors (Lipinski definition) is 2. The van der Waals surface area contributed by atoms with Gasteiger partial charge >= 0.3 is 0 Å². The van der Waals surface area contributed by atoms with E-state index in [1.807, 2.05) is 0 Å². The highest BCUT2D eigenvalue weighted by Crippen LogP contribution is 2.22. The van der Waals surface area contributed by atoms with Crippen molar-refractivity contribution < 1.29 is 5.21 Å². The van der Waals surface area contributed by atoms with Gasteiger partial charge in [-0.25, -0.2) is 0 Å². The first-order valence-electron chi connectivity index (χ1n) is 3.84. The first-order chi connectivity index (χ1) is 5.22. The normalized spacial score (nSPS) is 16.9. The van der Waals surface area contributed by atoms with Gasteiger partial charge in [0.25, 0.3) is 0 Å². The van der Waals surface area contributed by atoms with Crippen molar-refractivity contribution in [1.29, 1.82) is 0 Å². The molecule has 0 aromatic heterocycles. The highest BCUT2D eigenvalue weighted by Gasteiger charge is 2.02. The van der Waals surface area contributed by atoms with Crippen molar-refractivity contribution in [2.45, 2.75) is 39.5 Å². The topological polar surface area (TPSA) is 49.7 Å². The highest BCUT2D eigenvalue weighted by atomic mass is 16.6. The van der Waals surface area contributed by atoms with Gasteiger partial charge in [0.05, 0.1) is 0 Å². The van der Waals surface area contributed by atoms with Crippen LogP contribution in [0.1, 0.15) is 39.5 Å². The van der Waals surface area contributed by atoms with E-state index in [1.54, 1.807) is 11.1 Å². The van der Waals surface area contributed by atoms with Crippen molar-refractivity contribution in [3.05, 3.63) is 16.1 Å². The molecular formula is C8H15NO2. The van der Waals surface area contributed by atoms with Crippen molar-refractivity contribution in [3.63, 3.8) is 0 Å². The lowest BCUT2D eigenvalue weighted by Crippen LogP contribution is -1.92. The molecule has 3 nitrogen and oxygen atoms in total. The Kier molecular flexibility index (Phi) is 5.43. The van der Waals surface area contributed by atoms with Gasteiger partial charge in [-0.2, -0.15) is 0 Å². The summed E-state index contributed by atoms with van der Waals surface area (Å²) in [7, 11) is 0. The second-order valence-corrected chi connectivity index (χ2v) is 2.85. The fraction of sp³-hybridized carbons (Fsp3) is 0.750. The average Bonchev–Trinajstić information content (AvgIpc) is 1.97. The smallest absolute Gasteiger partial charge is 0.152 e. The standard InChI is InChI=1S/C8H14.HNO2/c1-7-5-3-4-6-8(7)2;2-1-3/h3-6H2,1-2H3;(H,2,3). The van der Waals surface area contributed by atoms with Gasteiger partial charge < -0.3 is 5.21 Å². The molecule has 0 atom stereocenters. The molecule has 1 rings (SSSR count). The predicted octanol–water partition coefficient (Wildman–Crippen LogP) is 3.04. The summed E-state index contributed by atoms with van der Waals surface area (Å²) in [5.74, 6) is 0. The van der Waals surface area contributed by atoms with E-state index < -0.39 is 0 Å². The van der Waals surface area contributed by atoms with Crippen molar-refractivity contribution >= 4 is 0 Å². The van der Waals surface area contributed by atoms with Crippen molar-refractivity contribution in [2.75, 3.05) is 0 Å². The molecule has 0 amide bonds. The summed E-state index contributed by atoms with van der Waals surface area (Å²) in [5.41, 5.74) is 3.27. The summed E-state index contributed by atoms with van der Waals surface area (Å²) < 4.78 is 0. The zero-order valence-electron chi connectivity index (χ0n) is 7.13. The lowest BCUT2D eigenvalue weighted by Gasteiger charge is -2.12. The van der Waals surface area contributed by atoms with Crippen LogP contribution in [0, 0.1) is 4.91 Å². The molecule has 0 fully saturated rings. The zero-order valence-corrected chi connectivity index (χ0v) is 7.13. The van der Waals surface area contributed by atoms with Crippen LogP contribution in [0.25, 0.3) is 0 Å². The number of nitrogens with zero attached hydrogens (tertiary/aromatic N) is 1. The molecule has 1 aliphatic rings. The Morgan fingerprint density at radius 2 is 1.45 bits per heavy atom. The van der Waals surface area contributed by atoms with Crippen molar-refractivity contribution in [3.8, 4) is 0 Å². The van der Waals surface area contributed by atoms with Gasteiger partial charge in [0.1, 0.15) is 0 Å². The highest BCUT2D eigenvalue weighted by molar-refractivity contribution is 5.11. The molecule has 11 heavy (non-hydrogen) atoms. The summed E-state index contributed by atoms with van der Waals surface area (Å²) >= 11 is 0. The lowest BCUT2D eigenvalue weighted by atomic mass is 9.94. The number of hydrogen-bond donors (Lipinski definition) is 1. The Bertz CT molecular complexity index is 138. The van der Waals surface area contributed by atoms with Crippen LogP contribution in [-0.2, 0) is 0 Å². The van der Waals surface area contributed by atoms with Gasteiger partial charge in [-0.1, -0.05) is 11.1 Å². The van der Waals surface area contributed by atoms with Crippen molar-refractivity contribution in [2.24, 2.45) is 5.34 Å². The summed E-state index contributed by atoms with van der Waals surface area (Å²) in [6, 6.07) is 0. The summed E-state index contributed by atoms with van der Waals surface area (Å²) in [6.45, 7) is 4.52. The van der Waals surface area contributed by atoms with Crippen LogP contribution < -0.4 is 0 Å². The Morgan fingerprint density at radius 1 is 1.18 bits per heavy atom. The van der Waals surface area contributed by atoms with Crippen LogP contribution in [0.15, 0.2) is 16.5 Å². The van der Waals surface area contributed by atoms with Gasteiger partial charge in [-0.15, -0.1) is 4.91 Å². The summed E-state index contributed by atoms with van der Waals surface area (Å²) in [4.78, 5) is 8.11. The van der Waals surface area contributed by atoms with Crippen LogP contribution in [0.3, 0.4) is 0 Å². The van der Waals surface area contributed by atoms with E-state index in [0.29, 0.717) is 0 Å². The van der Waals surface area contributed by atoms with E-state index in [1.165, 1.54) is 31.0 Å². The van der Waals surface area contributed by atoms with E-state index in [9.17, 15) is 0 Å². The van der Waals surface area contributed by atoms with Crippen LogP contribution in [-0.4, -0.2) is 5.21 Å². The second kappa shape index (κ2) is 5.89. The Hall–Kier alpha value is -0.860. The zero-order chi connectivity index (χ0) is 8.69. The Morgan fingerprint density at radius 3 is 1.64 bits per heavy atom. The monoisotopic (exact) mass is 157 g/mol. The third kappa shape index (κ3) is 4.53. The van der Waals surface area contributed by atoms with Gasteiger partial charge in [0.15, 0.2) is 5.34 Å². The second-order valence-electron chi connectivity index (χ2n) is 2.85. The predicted molar refractivity (Wildman–Crippen MR) is 44.4 cm³/mol. The molecule has 0 aromatic rings.